The molecule has 1 aromatic rings. The first-order valence-electron chi connectivity index (χ1n) is 5.54. The Hall–Kier alpha value is -1.58. The minimum atomic E-state index is -0.327. The molecule has 4 heteroatoms. The molecule has 1 N–H and O–H groups in total. The quantitative estimate of drug-likeness (QED) is 0.774. The smallest absolute Gasteiger partial charge is 0.313 e. The average Bonchev–Trinajstić information content (AvgIpc) is 2.26. The number of rotatable bonds is 5. The lowest BCUT2D eigenvalue weighted by molar-refractivity contribution is -0.145. The van der Waals surface area contributed by atoms with Crippen LogP contribution >= 0.6 is 0 Å². The molecule has 0 bridgehead atoms. The molecule has 0 aromatic carbocycles. The van der Waals surface area contributed by atoms with Gasteiger partial charge < -0.3 is 9.72 Å². The molecule has 0 aliphatic rings. The Morgan fingerprint density at radius 2 is 2.25 bits per heavy atom. The second-order valence-corrected chi connectivity index (χ2v) is 3.58. The molecule has 0 fully saturated rings. The molecule has 0 aliphatic heterocycles. The molecule has 0 spiro atoms. The first kappa shape index (κ1) is 12.5. The molecule has 88 valence electrons. The minimum Gasteiger partial charge on any atom is -0.466 e. The van der Waals surface area contributed by atoms with Crippen LogP contribution in [0, 0.1) is 0 Å². The molecule has 0 aliphatic carbocycles. The highest BCUT2D eigenvalue weighted by molar-refractivity contribution is 5.78. The van der Waals surface area contributed by atoms with Crippen LogP contribution in [0.15, 0.2) is 23.1 Å². The summed E-state index contributed by atoms with van der Waals surface area (Å²) in [6.45, 7) is 4.14. The Labute approximate surface area is 94.6 Å². The van der Waals surface area contributed by atoms with Crippen molar-refractivity contribution in [2.75, 3.05) is 6.61 Å². The van der Waals surface area contributed by atoms with Crippen molar-refractivity contribution >= 4 is 5.97 Å². The standard InChI is InChI=1S/C12H17NO3/c1-3-5-10(12(15)16-4-2)9-6-7-13-11(14)8-9/h6-8,10H,3-5H2,1-2H3,(H,13,14). The van der Waals surface area contributed by atoms with Crippen LogP contribution in [0.5, 0.6) is 0 Å². The zero-order chi connectivity index (χ0) is 12.0. The number of carbonyl (C=O) groups is 1. The van der Waals surface area contributed by atoms with Gasteiger partial charge in [0.25, 0.3) is 0 Å². The third-order valence-corrected chi connectivity index (χ3v) is 2.35. The molecular weight excluding hydrogens is 206 g/mol. The lowest BCUT2D eigenvalue weighted by atomic mass is 9.95. The van der Waals surface area contributed by atoms with Crippen LogP contribution in [0.2, 0.25) is 0 Å². The highest BCUT2D eigenvalue weighted by Gasteiger charge is 2.21. The fourth-order valence-electron chi connectivity index (χ4n) is 1.63. The molecule has 0 radical (unpaired) electrons. The van der Waals surface area contributed by atoms with Crippen molar-refractivity contribution in [1.82, 2.24) is 4.98 Å². The van der Waals surface area contributed by atoms with E-state index in [1.807, 2.05) is 6.92 Å². The van der Waals surface area contributed by atoms with Crippen LogP contribution in [0.1, 0.15) is 38.2 Å². The Kier molecular flexibility index (Phi) is 4.76. The topological polar surface area (TPSA) is 59.2 Å². The molecule has 1 atom stereocenters. The normalized spacial score (nSPS) is 12.1. The number of hydrogen-bond acceptors (Lipinski definition) is 3. The van der Waals surface area contributed by atoms with Gasteiger partial charge in [-0.25, -0.2) is 0 Å². The predicted octanol–water partition coefficient (Wildman–Crippen LogP) is 1.82. The zero-order valence-electron chi connectivity index (χ0n) is 9.66. The van der Waals surface area contributed by atoms with E-state index in [9.17, 15) is 9.59 Å². The molecule has 0 saturated carbocycles. The van der Waals surface area contributed by atoms with Gasteiger partial charge in [-0.05, 0) is 25.0 Å². The summed E-state index contributed by atoms with van der Waals surface area (Å²) in [5.41, 5.74) is 0.534. The second-order valence-electron chi connectivity index (χ2n) is 3.58. The van der Waals surface area contributed by atoms with Crippen molar-refractivity contribution in [1.29, 1.82) is 0 Å². The molecule has 1 rings (SSSR count). The molecule has 0 saturated heterocycles. The van der Waals surface area contributed by atoms with Gasteiger partial charge >= 0.3 is 5.97 Å². The van der Waals surface area contributed by atoms with E-state index < -0.39 is 0 Å². The van der Waals surface area contributed by atoms with E-state index in [-0.39, 0.29) is 17.4 Å². The van der Waals surface area contributed by atoms with Gasteiger partial charge in [0.1, 0.15) is 0 Å². The SMILES string of the molecule is CCCC(C(=O)OCC)c1cc[nH]c(=O)c1. The first-order chi connectivity index (χ1) is 7.69. The first-order valence-corrected chi connectivity index (χ1v) is 5.54. The van der Waals surface area contributed by atoms with Crippen molar-refractivity contribution in [3.05, 3.63) is 34.2 Å². The zero-order valence-corrected chi connectivity index (χ0v) is 9.66. The molecule has 16 heavy (non-hydrogen) atoms. The van der Waals surface area contributed by atoms with Crippen LogP contribution in [-0.2, 0) is 9.53 Å². The van der Waals surface area contributed by atoms with Crippen LogP contribution < -0.4 is 5.56 Å². The van der Waals surface area contributed by atoms with E-state index in [1.165, 1.54) is 6.07 Å². The van der Waals surface area contributed by atoms with Gasteiger partial charge in [0.05, 0.1) is 12.5 Å². The Bertz CT molecular complexity index is 397. The predicted molar refractivity (Wildman–Crippen MR) is 61.3 cm³/mol. The van der Waals surface area contributed by atoms with Gasteiger partial charge in [-0.2, -0.15) is 0 Å². The summed E-state index contributed by atoms with van der Waals surface area (Å²) in [4.78, 5) is 25.4. The van der Waals surface area contributed by atoms with Crippen molar-refractivity contribution < 1.29 is 9.53 Å². The summed E-state index contributed by atoms with van der Waals surface area (Å²) in [6, 6.07) is 3.20. The van der Waals surface area contributed by atoms with E-state index in [0.717, 1.165) is 12.0 Å². The third-order valence-electron chi connectivity index (χ3n) is 2.35. The third kappa shape index (κ3) is 3.22. The molecule has 4 nitrogen and oxygen atoms in total. The minimum absolute atomic E-state index is 0.192. The van der Waals surface area contributed by atoms with E-state index in [1.54, 1.807) is 19.2 Å². The van der Waals surface area contributed by atoms with E-state index >= 15 is 0 Å². The second kappa shape index (κ2) is 6.10. The van der Waals surface area contributed by atoms with Gasteiger partial charge in [-0.1, -0.05) is 13.3 Å². The Balaban J connectivity index is 2.92. The van der Waals surface area contributed by atoms with Gasteiger partial charge in [0.15, 0.2) is 0 Å². The summed E-state index contributed by atoms with van der Waals surface area (Å²) < 4.78 is 5.00. The summed E-state index contributed by atoms with van der Waals surface area (Å²) >= 11 is 0. The van der Waals surface area contributed by atoms with Crippen LogP contribution in [0.25, 0.3) is 0 Å². The number of pyridine rings is 1. The largest absolute Gasteiger partial charge is 0.466 e. The number of carbonyl (C=O) groups excluding carboxylic acids is 1. The van der Waals surface area contributed by atoms with E-state index in [0.29, 0.717) is 13.0 Å². The Morgan fingerprint density at radius 1 is 1.50 bits per heavy atom. The summed E-state index contributed by atoms with van der Waals surface area (Å²) in [5, 5.41) is 0. The van der Waals surface area contributed by atoms with Crippen molar-refractivity contribution in [2.45, 2.75) is 32.6 Å². The number of hydrogen-bond donors (Lipinski definition) is 1. The number of H-pyrrole nitrogens is 1. The van der Waals surface area contributed by atoms with Gasteiger partial charge in [0.2, 0.25) is 5.56 Å². The number of nitrogens with one attached hydrogen (secondary N) is 1. The fraction of sp³-hybridized carbons (Fsp3) is 0.500. The number of aromatic nitrogens is 1. The van der Waals surface area contributed by atoms with Gasteiger partial charge in [-0.3, -0.25) is 9.59 Å². The van der Waals surface area contributed by atoms with Crippen molar-refractivity contribution in [2.24, 2.45) is 0 Å². The molecule has 1 aromatic heterocycles. The maximum atomic E-state index is 11.7. The van der Waals surface area contributed by atoms with E-state index in [2.05, 4.69) is 4.98 Å². The fourth-order valence-corrected chi connectivity index (χ4v) is 1.63. The monoisotopic (exact) mass is 223 g/mol. The number of esters is 1. The number of ether oxygens (including phenoxy) is 1. The van der Waals surface area contributed by atoms with Crippen LogP contribution in [0.4, 0.5) is 0 Å². The summed E-state index contributed by atoms with van der Waals surface area (Å²) in [7, 11) is 0. The lowest BCUT2D eigenvalue weighted by Crippen LogP contribution is -2.18. The lowest BCUT2D eigenvalue weighted by Gasteiger charge is -2.14. The van der Waals surface area contributed by atoms with Crippen molar-refractivity contribution in [3.63, 3.8) is 0 Å². The van der Waals surface area contributed by atoms with Gasteiger partial charge in [0, 0.05) is 12.3 Å². The highest BCUT2D eigenvalue weighted by Crippen LogP contribution is 2.21. The van der Waals surface area contributed by atoms with Gasteiger partial charge in [-0.15, -0.1) is 0 Å². The van der Waals surface area contributed by atoms with E-state index in [4.69, 9.17) is 4.74 Å². The molecular formula is C12H17NO3. The molecule has 0 amide bonds. The number of aromatic amines is 1. The Morgan fingerprint density at radius 3 is 2.81 bits per heavy atom. The maximum Gasteiger partial charge on any atom is 0.313 e. The maximum absolute atomic E-state index is 11.7. The van der Waals surface area contributed by atoms with Crippen LogP contribution in [-0.4, -0.2) is 17.6 Å². The van der Waals surface area contributed by atoms with Crippen molar-refractivity contribution in [3.8, 4) is 0 Å². The average molecular weight is 223 g/mol. The van der Waals surface area contributed by atoms with Crippen LogP contribution in [0.3, 0.4) is 0 Å². The highest BCUT2D eigenvalue weighted by atomic mass is 16.5. The molecule has 1 unspecified atom stereocenters. The summed E-state index contributed by atoms with van der Waals surface area (Å²) in [6.07, 6.45) is 3.12. The molecule has 1 heterocycles. The summed E-state index contributed by atoms with van der Waals surface area (Å²) in [5.74, 6) is -0.581.